The van der Waals surface area contributed by atoms with Crippen molar-refractivity contribution in [3.8, 4) is 0 Å². The highest BCUT2D eigenvalue weighted by atomic mass is 16.7. The Kier molecular flexibility index (Phi) is 3.74. The van der Waals surface area contributed by atoms with Gasteiger partial charge in [0.1, 0.15) is 0 Å². The van der Waals surface area contributed by atoms with Crippen LogP contribution in [0.1, 0.15) is 26.3 Å². The van der Waals surface area contributed by atoms with Crippen LogP contribution in [0.4, 0.5) is 4.79 Å². The Morgan fingerprint density at radius 2 is 2.27 bits per heavy atom. The molecule has 0 aliphatic rings. The third-order valence-corrected chi connectivity index (χ3v) is 1.48. The molecule has 5 nitrogen and oxygen atoms in total. The standard InChI is InChI=1S/C10H16N2O3/c1-10(2,3)15-12-9(13)11-6-8-4-5-14-7-8/h4-5,7H,6H2,1-3H3,(H2,11,12,13). The van der Waals surface area contributed by atoms with E-state index in [0.717, 1.165) is 5.56 Å². The predicted molar refractivity (Wildman–Crippen MR) is 54.9 cm³/mol. The zero-order valence-corrected chi connectivity index (χ0v) is 9.16. The van der Waals surface area contributed by atoms with Crippen LogP contribution in [0.3, 0.4) is 0 Å². The van der Waals surface area contributed by atoms with Gasteiger partial charge in [0.15, 0.2) is 0 Å². The van der Waals surface area contributed by atoms with Crippen LogP contribution in [-0.4, -0.2) is 11.6 Å². The molecule has 1 aromatic rings. The van der Waals surface area contributed by atoms with Crippen LogP contribution in [0, 0.1) is 0 Å². The van der Waals surface area contributed by atoms with E-state index < -0.39 is 5.60 Å². The summed E-state index contributed by atoms with van der Waals surface area (Å²) in [5.74, 6) is 0. The Bertz CT molecular complexity index is 301. The Morgan fingerprint density at radius 3 is 2.80 bits per heavy atom. The Hall–Kier alpha value is -1.49. The molecule has 15 heavy (non-hydrogen) atoms. The topological polar surface area (TPSA) is 63.5 Å². The predicted octanol–water partition coefficient (Wildman–Crippen LogP) is 1.81. The lowest BCUT2D eigenvalue weighted by atomic mass is 10.2. The molecule has 0 saturated heterocycles. The van der Waals surface area contributed by atoms with Crippen LogP contribution in [-0.2, 0) is 11.4 Å². The van der Waals surface area contributed by atoms with Gasteiger partial charge in [0, 0.05) is 12.1 Å². The summed E-state index contributed by atoms with van der Waals surface area (Å²) in [4.78, 5) is 16.3. The molecule has 0 unspecified atom stereocenters. The number of hydrogen-bond donors (Lipinski definition) is 2. The molecule has 0 aromatic carbocycles. The van der Waals surface area contributed by atoms with Crippen molar-refractivity contribution in [2.24, 2.45) is 0 Å². The normalized spacial score (nSPS) is 11.1. The average Bonchev–Trinajstić information content (AvgIpc) is 2.62. The fraction of sp³-hybridized carbons (Fsp3) is 0.500. The van der Waals surface area contributed by atoms with Crippen molar-refractivity contribution in [3.63, 3.8) is 0 Å². The summed E-state index contributed by atoms with van der Waals surface area (Å²) in [5, 5.41) is 2.62. The smallest absolute Gasteiger partial charge is 0.338 e. The molecule has 84 valence electrons. The largest absolute Gasteiger partial charge is 0.472 e. The van der Waals surface area contributed by atoms with Crippen molar-refractivity contribution >= 4 is 6.03 Å². The van der Waals surface area contributed by atoms with Crippen LogP contribution in [0.2, 0.25) is 0 Å². The fourth-order valence-electron chi connectivity index (χ4n) is 0.811. The van der Waals surface area contributed by atoms with Gasteiger partial charge in [-0.15, -0.1) is 0 Å². The first-order valence-electron chi connectivity index (χ1n) is 4.70. The van der Waals surface area contributed by atoms with Gasteiger partial charge in [0.25, 0.3) is 0 Å². The molecule has 0 bridgehead atoms. The minimum atomic E-state index is -0.396. The van der Waals surface area contributed by atoms with Crippen molar-refractivity contribution in [1.29, 1.82) is 0 Å². The lowest BCUT2D eigenvalue weighted by molar-refractivity contribution is -0.0529. The zero-order valence-electron chi connectivity index (χ0n) is 9.16. The summed E-state index contributed by atoms with van der Waals surface area (Å²) in [6.45, 7) is 5.96. The summed E-state index contributed by atoms with van der Waals surface area (Å²) < 4.78 is 4.86. The van der Waals surface area contributed by atoms with Gasteiger partial charge in [0.2, 0.25) is 0 Å². The van der Waals surface area contributed by atoms with Gasteiger partial charge in [-0.25, -0.2) is 10.3 Å². The van der Waals surface area contributed by atoms with Crippen molar-refractivity contribution in [1.82, 2.24) is 10.8 Å². The molecule has 0 fully saturated rings. The first kappa shape index (κ1) is 11.6. The van der Waals surface area contributed by atoms with E-state index in [1.807, 2.05) is 20.8 Å². The second-order valence-electron chi connectivity index (χ2n) is 4.13. The lowest BCUT2D eigenvalue weighted by Crippen LogP contribution is -2.39. The van der Waals surface area contributed by atoms with Crippen LogP contribution >= 0.6 is 0 Å². The lowest BCUT2D eigenvalue weighted by Gasteiger charge is -2.18. The van der Waals surface area contributed by atoms with Crippen molar-refractivity contribution in [2.45, 2.75) is 32.9 Å². The minimum absolute atomic E-state index is 0.369. The van der Waals surface area contributed by atoms with Gasteiger partial charge in [-0.05, 0) is 26.8 Å². The highest BCUT2D eigenvalue weighted by Gasteiger charge is 2.12. The number of hydrogen-bond acceptors (Lipinski definition) is 3. The van der Waals surface area contributed by atoms with E-state index in [9.17, 15) is 4.79 Å². The first-order valence-corrected chi connectivity index (χ1v) is 4.70. The molecular formula is C10H16N2O3. The second-order valence-corrected chi connectivity index (χ2v) is 4.13. The molecule has 1 heterocycles. The van der Waals surface area contributed by atoms with Crippen molar-refractivity contribution < 1.29 is 14.0 Å². The Morgan fingerprint density at radius 1 is 1.53 bits per heavy atom. The first-order chi connectivity index (χ1) is 6.97. The number of amides is 2. The number of carbonyl (C=O) groups excluding carboxylic acids is 1. The Balaban J connectivity index is 2.20. The molecule has 0 atom stereocenters. The maximum absolute atomic E-state index is 11.2. The van der Waals surface area contributed by atoms with Gasteiger partial charge in [-0.3, -0.25) is 4.84 Å². The third-order valence-electron chi connectivity index (χ3n) is 1.48. The highest BCUT2D eigenvalue weighted by molar-refractivity contribution is 5.72. The second kappa shape index (κ2) is 4.84. The van der Waals surface area contributed by atoms with E-state index in [1.54, 1.807) is 18.6 Å². The van der Waals surface area contributed by atoms with Crippen molar-refractivity contribution in [2.75, 3.05) is 0 Å². The van der Waals surface area contributed by atoms with E-state index >= 15 is 0 Å². The maximum Gasteiger partial charge on any atom is 0.338 e. The number of rotatable bonds is 3. The molecule has 0 spiro atoms. The van der Waals surface area contributed by atoms with Gasteiger partial charge in [-0.2, -0.15) is 0 Å². The molecular weight excluding hydrogens is 196 g/mol. The minimum Gasteiger partial charge on any atom is -0.472 e. The number of nitrogens with one attached hydrogen (secondary N) is 2. The summed E-state index contributed by atoms with van der Waals surface area (Å²) >= 11 is 0. The Labute approximate surface area is 88.7 Å². The van der Waals surface area contributed by atoms with Gasteiger partial charge < -0.3 is 9.73 Å². The molecule has 0 aliphatic heterocycles. The number of furan rings is 1. The molecule has 5 heteroatoms. The van der Waals surface area contributed by atoms with Gasteiger partial charge in [0.05, 0.1) is 18.1 Å². The molecule has 0 radical (unpaired) electrons. The van der Waals surface area contributed by atoms with Crippen LogP contribution < -0.4 is 10.8 Å². The monoisotopic (exact) mass is 212 g/mol. The van der Waals surface area contributed by atoms with Gasteiger partial charge in [-0.1, -0.05) is 0 Å². The molecule has 2 N–H and O–H groups in total. The summed E-state index contributed by atoms with van der Waals surface area (Å²) in [6, 6.07) is 1.41. The molecule has 1 aromatic heterocycles. The molecule has 0 aliphatic carbocycles. The van der Waals surface area contributed by atoms with Crippen molar-refractivity contribution in [3.05, 3.63) is 24.2 Å². The summed E-state index contributed by atoms with van der Waals surface area (Å²) in [7, 11) is 0. The van der Waals surface area contributed by atoms with Crippen LogP contribution in [0.25, 0.3) is 0 Å². The van der Waals surface area contributed by atoms with Gasteiger partial charge >= 0.3 is 6.03 Å². The number of carbonyl (C=O) groups is 1. The summed E-state index contributed by atoms with van der Waals surface area (Å²) in [5.41, 5.74) is 2.81. The van der Waals surface area contributed by atoms with Crippen LogP contribution in [0.15, 0.2) is 23.0 Å². The van der Waals surface area contributed by atoms with E-state index in [0.29, 0.717) is 6.54 Å². The fourth-order valence-corrected chi connectivity index (χ4v) is 0.811. The van der Waals surface area contributed by atoms with E-state index in [4.69, 9.17) is 9.25 Å². The van der Waals surface area contributed by atoms with E-state index in [1.165, 1.54) is 0 Å². The molecule has 0 saturated carbocycles. The van der Waals surface area contributed by atoms with Crippen LogP contribution in [0.5, 0.6) is 0 Å². The third kappa shape index (κ3) is 5.07. The number of hydroxylamine groups is 1. The SMILES string of the molecule is CC(C)(C)ONC(=O)NCc1ccoc1. The number of urea groups is 1. The molecule has 2 amide bonds. The average molecular weight is 212 g/mol. The quantitative estimate of drug-likeness (QED) is 0.751. The summed E-state index contributed by atoms with van der Waals surface area (Å²) in [6.07, 6.45) is 3.13. The van der Waals surface area contributed by atoms with E-state index in [-0.39, 0.29) is 6.03 Å². The zero-order chi connectivity index (χ0) is 11.3. The maximum atomic E-state index is 11.2. The van der Waals surface area contributed by atoms with E-state index in [2.05, 4.69) is 10.8 Å². The molecule has 1 rings (SSSR count). The highest BCUT2D eigenvalue weighted by Crippen LogP contribution is 2.03.